The lowest BCUT2D eigenvalue weighted by molar-refractivity contribution is 0.575. The van der Waals surface area contributed by atoms with Crippen LogP contribution in [-0.2, 0) is 6.42 Å². The number of unbranched alkanes of at least 4 members (excludes halogenated alkanes) is 7. The van der Waals surface area contributed by atoms with E-state index >= 15 is 0 Å². The number of hydrogen-bond donors (Lipinski definition) is 2. The Morgan fingerprint density at radius 2 is 1.45 bits per heavy atom. The van der Waals surface area contributed by atoms with Crippen molar-refractivity contribution in [1.29, 1.82) is 0 Å². The lowest BCUT2D eigenvalue weighted by Crippen LogP contribution is -1.95. The average molecular weight is 298 g/mol. The minimum Gasteiger partial charge on any atom is -0.398 e. The highest BCUT2D eigenvalue weighted by Crippen LogP contribution is 2.29. The first-order valence-corrected chi connectivity index (χ1v) is 8.79. The molecule has 22 heavy (non-hydrogen) atoms. The summed E-state index contributed by atoms with van der Waals surface area (Å²) in [5.41, 5.74) is 15.1. The van der Waals surface area contributed by atoms with Gasteiger partial charge in [-0.05, 0) is 35.9 Å². The monoisotopic (exact) mass is 298 g/mol. The van der Waals surface area contributed by atoms with Crippen LogP contribution in [0.15, 0.2) is 30.3 Å². The van der Waals surface area contributed by atoms with Crippen LogP contribution in [0.4, 0.5) is 11.4 Å². The second kappa shape index (κ2) is 8.67. The first-order valence-electron chi connectivity index (χ1n) is 8.79. The lowest BCUT2D eigenvalue weighted by atomic mass is 9.99. The molecule has 120 valence electrons. The summed E-state index contributed by atoms with van der Waals surface area (Å²) in [6, 6.07) is 10.3. The Morgan fingerprint density at radius 3 is 2.18 bits per heavy atom. The number of fused-ring (bicyclic) bond motifs is 1. The van der Waals surface area contributed by atoms with Gasteiger partial charge in [0.15, 0.2) is 0 Å². The molecule has 0 aromatic heterocycles. The van der Waals surface area contributed by atoms with E-state index in [1.807, 2.05) is 12.1 Å². The molecule has 0 bridgehead atoms. The van der Waals surface area contributed by atoms with Gasteiger partial charge in [0, 0.05) is 16.8 Å². The van der Waals surface area contributed by atoms with E-state index in [2.05, 4.69) is 25.1 Å². The number of hydrogen-bond acceptors (Lipinski definition) is 2. The zero-order valence-corrected chi connectivity index (χ0v) is 13.9. The third-order valence-corrected chi connectivity index (χ3v) is 4.42. The highest BCUT2D eigenvalue weighted by atomic mass is 14.6. The van der Waals surface area contributed by atoms with Gasteiger partial charge in [0.1, 0.15) is 0 Å². The summed E-state index contributed by atoms with van der Waals surface area (Å²) >= 11 is 0. The van der Waals surface area contributed by atoms with Gasteiger partial charge >= 0.3 is 0 Å². The van der Waals surface area contributed by atoms with Gasteiger partial charge in [-0.1, -0.05) is 70.1 Å². The summed E-state index contributed by atoms with van der Waals surface area (Å²) in [6.45, 7) is 2.27. The Bertz CT molecular complexity index is 590. The summed E-state index contributed by atoms with van der Waals surface area (Å²) < 4.78 is 0. The van der Waals surface area contributed by atoms with E-state index in [1.54, 1.807) is 0 Å². The molecule has 2 aromatic rings. The Hall–Kier alpha value is -1.70. The van der Waals surface area contributed by atoms with Gasteiger partial charge in [0.2, 0.25) is 0 Å². The van der Waals surface area contributed by atoms with E-state index in [9.17, 15) is 0 Å². The summed E-state index contributed by atoms with van der Waals surface area (Å²) in [5.74, 6) is 0. The SMILES string of the molecule is CCCCCCCCCCc1cc(N)c2c(N)cccc2c1. The topological polar surface area (TPSA) is 52.0 Å². The van der Waals surface area contributed by atoms with Crippen molar-refractivity contribution >= 4 is 22.1 Å². The van der Waals surface area contributed by atoms with Crippen LogP contribution in [0.25, 0.3) is 10.8 Å². The Morgan fingerprint density at radius 1 is 0.773 bits per heavy atom. The molecule has 0 unspecified atom stereocenters. The third kappa shape index (κ3) is 4.66. The van der Waals surface area contributed by atoms with E-state index in [0.29, 0.717) is 0 Å². The van der Waals surface area contributed by atoms with Gasteiger partial charge in [0.05, 0.1) is 0 Å². The first kappa shape index (κ1) is 16.7. The van der Waals surface area contributed by atoms with Gasteiger partial charge in [-0.2, -0.15) is 0 Å². The van der Waals surface area contributed by atoms with Gasteiger partial charge in [-0.3, -0.25) is 0 Å². The molecule has 0 atom stereocenters. The quantitative estimate of drug-likeness (QED) is 0.461. The van der Waals surface area contributed by atoms with E-state index < -0.39 is 0 Å². The van der Waals surface area contributed by atoms with Gasteiger partial charge < -0.3 is 11.5 Å². The fraction of sp³-hybridized carbons (Fsp3) is 0.500. The molecule has 0 aliphatic heterocycles. The maximum absolute atomic E-state index is 6.18. The first-order chi connectivity index (χ1) is 10.7. The second-order valence-corrected chi connectivity index (χ2v) is 6.36. The van der Waals surface area contributed by atoms with Crippen LogP contribution >= 0.6 is 0 Å². The highest BCUT2D eigenvalue weighted by molar-refractivity contribution is 6.01. The molecule has 0 saturated carbocycles. The van der Waals surface area contributed by atoms with E-state index in [1.165, 1.54) is 56.9 Å². The lowest BCUT2D eigenvalue weighted by Gasteiger charge is -2.09. The smallest absolute Gasteiger partial charge is 0.0417 e. The maximum Gasteiger partial charge on any atom is 0.0417 e. The second-order valence-electron chi connectivity index (χ2n) is 6.36. The van der Waals surface area contributed by atoms with Crippen molar-refractivity contribution < 1.29 is 0 Å². The van der Waals surface area contributed by atoms with Crippen LogP contribution < -0.4 is 11.5 Å². The van der Waals surface area contributed by atoms with Gasteiger partial charge in [-0.25, -0.2) is 0 Å². The molecule has 2 rings (SSSR count). The van der Waals surface area contributed by atoms with Crippen LogP contribution in [0.2, 0.25) is 0 Å². The summed E-state index contributed by atoms with van der Waals surface area (Å²) in [4.78, 5) is 0. The Kier molecular flexibility index (Phi) is 6.57. The molecule has 2 heteroatoms. The molecule has 0 radical (unpaired) electrons. The number of benzene rings is 2. The molecule has 0 aliphatic carbocycles. The molecule has 0 aliphatic rings. The fourth-order valence-electron chi connectivity index (χ4n) is 3.16. The number of anilines is 2. The summed E-state index contributed by atoms with van der Waals surface area (Å²) in [5, 5.41) is 2.16. The standard InChI is InChI=1S/C20H30N2/c1-2-3-4-5-6-7-8-9-11-16-14-17-12-10-13-18(21)20(17)19(22)15-16/h10,12-15H,2-9,11,21-22H2,1H3. The van der Waals surface area contributed by atoms with Crippen LogP contribution in [0.5, 0.6) is 0 Å². The molecule has 4 N–H and O–H groups in total. The van der Waals surface area contributed by atoms with Crippen molar-refractivity contribution in [2.45, 2.75) is 64.7 Å². The molecule has 0 fully saturated rings. The van der Waals surface area contributed by atoms with Crippen LogP contribution in [0.1, 0.15) is 63.9 Å². The van der Waals surface area contributed by atoms with Crippen LogP contribution in [-0.4, -0.2) is 0 Å². The maximum atomic E-state index is 6.18. The van der Waals surface area contributed by atoms with Crippen molar-refractivity contribution in [3.05, 3.63) is 35.9 Å². The Labute approximate surface area is 134 Å². The van der Waals surface area contributed by atoms with Gasteiger partial charge in [0.25, 0.3) is 0 Å². The fourth-order valence-corrected chi connectivity index (χ4v) is 3.16. The van der Waals surface area contributed by atoms with Crippen LogP contribution in [0.3, 0.4) is 0 Å². The molecule has 0 amide bonds. The molecular weight excluding hydrogens is 268 g/mol. The third-order valence-electron chi connectivity index (χ3n) is 4.42. The van der Waals surface area contributed by atoms with Crippen molar-refractivity contribution in [2.24, 2.45) is 0 Å². The zero-order chi connectivity index (χ0) is 15.8. The number of rotatable bonds is 9. The number of aryl methyl sites for hydroxylation is 1. The number of nitrogen functional groups attached to an aromatic ring is 2. The number of nitrogens with two attached hydrogens (primary N) is 2. The summed E-state index contributed by atoms with van der Waals surface area (Å²) in [7, 11) is 0. The van der Waals surface area contributed by atoms with Crippen molar-refractivity contribution in [3.8, 4) is 0 Å². The van der Waals surface area contributed by atoms with E-state index in [0.717, 1.165) is 28.6 Å². The van der Waals surface area contributed by atoms with Gasteiger partial charge in [-0.15, -0.1) is 0 Å². The highest BCUT2D eigenvalue weighted by Gasteiger charge is 2.04. The summed E-state index contributed by atoms with van der Waals surface area (Å²) in [6.07, 6.45) is 11.9. The predicted molar refractivity (Wildman–Crippen MR) is 99.1 cm³/mol. The molecule has 0 spiro atoms. The molecule has 0 saturated heterocycles. The largest absolute Gasteiger partial charge is 0.398 e. The van der Waals surface area contributed by atoms with E-state index in [4.69, 9.17) is 11.5 Å². The minimum absolute atomic E-state index is 0.772. The average Bonchev–Trinajstić information content (AvgIpc) is 2.50. The van der Waals surface area contributed by atoms with Crippen molar-refractivity contribution in [1.82, 2.24) is 0 Å². The Balaban J connectivity index is 1.80. The predicted octanol–water partition coefficient (Wildman–Crippen LogP) is 5.69. The molecule has 0 heterocycles. The van der Waals surface area contributed by atoms with Crippen molar-refractivity contribution in [3.63, 3.8) is 0 Å². The normalized spacial score (nSPS) is 11.1. The van der Waals surface area contributed by atoms with Crippen LogP contribution in [0, 0.1) is 0 Å². The minimum atomic E-state index is 0.772. The molecular formula is C20H30N2. The zero-order valence-electron chi connectivity index (χ0n) is 13.9. The van der Waals surface area contributed by atoms with Crippen molar-refractivity contribution in [2.75, 3.05) is 11.5 Å². The molecule has 2 aromatic carbocycles. The van der Waals surface area contributed by atoms with E-state index in [-0.39, 0.29) is 0 Å². The molecule has 2 nitrogen and oxygen atoms in total.